The normalized spacial score (nSPS) is 14.3. The fourth-order valence-electron chi connectivity index (χ4n) is 1.23. The smallest absolute Gasteiger partial charge is 0.106 e. The lowest BCUT2D eigenvalue weighted by Crippen LogP contribution is -2.21. The van der Waals surface area contributed by atoms with Crippen LogP contribution >= 0.6 is 0 Å². The fourth-order valence-corrected chi connectivity index (χ4v) is 1.23. The Morgan fingerprint density at radius 3 is 2.80 bits per heavy atom. The number of hydrogen-bond acceptors (Lipinski definition) is 5. The summed E-state index contributed by atoms with van der Waals surface area (Å²) < 4.78 is 0. The summed E-state index contributed by atoms with van der Waals surface area (Å²) in [5, 5.41) is 27.8. The van der Waals surface area contributed by atoms with E-state index in [0.29, 0.717) is 24.1 Å². The highest BCUT2D eigenvalue weighted by molar-refractivity contribution is 5.30. The van der Waals surface area contributed by atoms with Crippen LogP contribution in [-0.4, -0.2) is 27.8 Å². The molecule has 0 aliphatic rings. The third-order valence-electron chi connectivity index (χ3n) is 2.06. The Kier molecular flexibility index (Phi) is 4.18. The second kappa shape index (κ2) is 5.41. The molecule has 1 rings (SSSR count). The number of nitriles is 1. The zero-order valence-electron chi connectivity index (χ0n) is 8.17. The molecule has 5 heteroatoms. The van der Waals surface area contributed by atoms with Crippen molar-refractivity contribution in [3.63, 3.8) is 0 Å². The average molecular weight is 207 g/mol. The molecule has 80 valence electrons. The highest BCUT2D eigenvalue weighted by Crippen LogP contribution is 2.18. The first-order valence-electron chi connectivity index (χ1n) is 4.60. The van der Waals surface area contributed by atoms with Gasteiger partial charge in [-0.15, -0.1) is 0 Å². The zero-order chi connectivity index (χ0) is 11.3. The van der Waals surface area contributed by atoms with Crippen molar-refractivity contribution >= 4 is 0 Å². The summed E-state index contributed by atoms with van der Waals surface area (Å²) in [5.74, 6) is 0. The predicted octanol–water partition coefficient (Wildman–Crippen LogP) is -0.304. The molecule has 0 bridgehead atoms. The van der Waals surface area contributed by atoms with Gasteiger partial charge in [-0.2, -0.15) is 5.26 Å². The highest BCUT2D eigenvalue weighted by Gasteiger charge is 2.17. The maximum Gasteiger partial charge on any atom is 0.106 e. The maximum atomic E-state index is 9.69. The molecule has 1 aromatic heterocycles. The summed E-state index contributed by atoms with van der Waals surface area (Å²) >= 11 is 0. The first-order valence-corrected chi connectivity index (χ1v) is 4.60. The van der Waals surface area contributed by atoms with E-state index >= 15 is 0 Å². The summed E-state index contributed by atoms with van der Waals surface area (Å²) in [6.45, 7) is 0.295. The minimum atomic E-state index is -1.05. The molecule has 0 radical (unpaired) electrons. The van der Waals surface area contributed by atoms with Crippen molar-refractivity contribution in [2.75, 3.05) is 6.54 Å². The lowest BCUT2D eigenvalue weighted by molar-refractivity contribution is 0.0148. The van der Waals surface area contributed by atoms with Gasteiger partial charge in [-0.3, -0.25) is 4.98 Å². The Morgan fingerprint density at radius 1 is 1.47 bits per heavy atom. The number of nitrogens with zero attached hydrogens (tertiary/aromatic N) is 2. The van der Waals surface area contributed by atoms with Gasteiger partial charge in [0.2, 0.25) is 0 Å². The molecule has 0 amide bonds. The van der Waals surface area contributed by atoms with Crippen molar-refractivity contribution in [3.05, 3.63) is 29.6 Å². The van der Waals surface area contributed by atoms with Crippen LogP contribution in [0.25, 0.3) is 0 Å². The van der Waals surface area contributed by atoms with Crippen LogP contribution in [-0.2, 0) is 0 Å². The number of pyridine rings is 1. The summed E-state index contributed by atoms with van der Waals surface area (Å²) in [5.41, 5.74) is 6.04. The number of aromatic nitrogens is 1. The third-order valence-corrected chi connectivity index (χ3v) is 2.06. The van der Waals surface area contributed by atoms with E-state index in [4.69, 9.17) is 11.0 Å². The van der Waals surface area contributed by atoms with Crippen LogP contribution in [0.4, 0.5) is 0 Å². The van der Waals surface area contributed by atoms with Gasteiger partial charge in [-0.05, 0) is 19.0 Å². The van der Waals surface area contributed by atoms with Gasteiger partial charge in [0.15, 0.2) is 0 Å². The van der Waals surface area contributed by atoms with E-state index in [1.165, 1.54) is 18.5 Å². The summed E-state index contributed by atoms with van der Waals surface area (Å²) in [6, 6.07) is 3.41. The molecule has 0 aliphatic carbocycles. The molecular weight excluding hydrogens is 194 g/mol. The average Bonchev–Trinajstić information content (AvgIpc) is 2.28. The van der Waals surface area contributed by atoms with E-state index in [-0.39, 0.29) is 0 Å². The summed E-state index contributed by atoms with van der Waals surface area (Å²) in [6.07, 6.45) is 1.15. The molecule has 1 heterocycles. The van der Waals surface area contributed by atoms with E-state index < -0.39 is 12.2 Å². The molecule has 0 saturated carbocycles. The number of nitrogens with two attached hydrogens (primary N) is 1. The van der Waals surface area contributed by atoms with E-state index in [9.17, 15) is 10.2 Å². The third kappa shape index (κ3) is 2.99. The number of hydrogen-bond donors (Lipinski definition) is 3. The monoisotopic (exact) mass is 207 g/mol. The van der Waals surface area contributed by atoms with Crippen molar-refractivity contribution in [2.45, 2.75) is 18.6 Å². The highest BCUT2D eigenvalue weighted by atomic mass is 16.3. The topological polar surface area (TPSA) is 103 Å². The Bertz CT molecular complexity index is 362. The predicted molar refractivity (Wildman–Crippen MR) is 53.6 cm³/mol. The van der Waals surface area contributed by atoms with Crippen LogP contribution in [0.5, 0.6) is 0 Å². The van der Waals surface area contributed by atoms with E-state index in [2.05, 4.69) is 4.98 Å². The van der Waals surface area contributed by atoms with Crippen LogP contribution in [0.1, 0.15) is 23.7 Å². The standard InChI is InChI=1S/C10H13N3O2/c11-2-1-9(14)10(15)8-3-7(4-12)5-13-6-8/h3,5-6,9-10,14-15H,1-2,11H2. The molecule has 0 aliphatic heterocycles. The minimum absolute atomic E-state index is 0.295. The Hall–Kier alpha value is -1.48. The zero-order valence-corrected chi connectivity index (χ0v) is 8.17. The summed E-state index contributed by atoms with van der Waals surface area (Å²) in [4.78, 5) is 3.79. The number of aliphatic hydroxyl groups excluding tert-OH is 2. The van der Waals surface area contributed by atoms with Crippen LogP contribution in [0, 0.1) is 11.3 Å². The van der Waals surface area contributed by atoms with Gasteiger partial charge in [-0.25, -0.2) is 0 Å². The van der Waals surface area contributed by atoms with E-state index in [1.54, 1.807) is 0 Å². The lowest BCUT2D eigenvalue weighted by Gasteiger charge is -2.16. The molecule has 0 spiro atoms. The summed E-state index contributed by atoms with van der Waals surface area (Å²) in [7, 11) is 0. The van der Waals surface area contributed by atoms with Gasteiger partial charge in [-0.1, -0.05) is 0 Å². The van der Waals surface area contributed by atoms with Gasteiger partial charge >= 0.3 is 0 Å². The number of rotatable bonds is 4. The van der Waals surface area contributed by atoms with Crippen LogP contribution in [0.15, 0.2) is 18.5 Å². The van der Waals surface area contributed by atoms with Crippen molar-refractivity contribution in [1.29, 1.82) is 5.26 Å². The van der Waals surface area contributed by atoms with Crippen molar-refractivity contribution in [3.8, 4) is 6.07 Å². The lowest BCUT2D eigenvalue weighted by atomic mass is 10.0. The molecule has 4 N–H and O–H groups in total. The van der Waals surface area contributed by atoms with E-state index in [1.807, 2.05) is 6.07 Å². The molecule has 2 unspecified atom stereocenters. The SMILES string of the molecule is N#Cc1cncc(C(O)C(O)CCN)c1. The molecule has 0 aromatic carbocycles. The van der Waals surface area contributed by atoms with Crippen LogP contribution in [0.2, 0.25) is 0 Å². The molecule has 5 nitrogen and oxygen atoms in total. The first kappa shape index (κ1) is 11.6. The quantitative estimate of drug-likeness (QED) is 0.628. The second-order valence-corrected chi connectivity index (χ2v) is 3.21. The Balaban J connectivity index is 2.82. The molecule has 15 heavy (non-hydrogen) atoms. The molecule has 2 atom stereocenters. The molecular formula is C10H13N3O2. The first-order chi connectivity index (χ1) is 7.19. The Morgan fingerprint density at radius 2 is 2.20 bits per heavy atom. The van der Waals surface area contributed by atoms with Gasteiger partial charge in [0.1, 0.15) is 12.2 Å². The van der Waals surface area contributed by atoms with Crippen LogP contribution < -0.4 is 5.73 Å². The number of aliphatic hydroxyl groups is 2. The molecule has 0 saturated heterocycles. The maximum absolute atomic E-state index is 9.69. The molecule has 0 fully saturated rings. The van der Waals surface area contributed by atoms with Crippen LogP contribution in [0.3, 0.4) is 0 Å². The van der Waals surface area contributed by atoms with Gasteiger partial charge in [0, 0.05) is 18.0 Å². The van der Waals surface area contributed by atoms with Gasteiger partial charge in [0.05, 0.1) is 11.7 Å². The van der Waals surface area contributed by atoms with Crippen molar-refractivity contribution in [1.82, 2.24) is 4.98 Å². The Labute approximate surface area is 87.8 Å². The van der Waals surface area contributed by atoms with Gasteiger partial charge in [0.25, 0.3) is 0 Å². The minimum Gasteiger partial charge on any atom is -0.390 e. The van der Waals surface area contributed by atoms with Crippen molar-refractivity contribution in [2.24, 2.45) is 5.73 Å². The fraction of sp³-hybridized carbons (Fsp3) is 0.400. The second-order valence-electron chi connectivity index (χ2n) is 3.21. The molecule has 1 aromatic rings. The van der Waals surface area contributed by atoms with Gasteiger partial charge < -0.3 is 15.9 Å². The largest absolute Gasteiger partial charge is 0.390 e. The van der Waals surface area contributed by atoms with E-state index in [0.717, 1.165) is 0 Å². The van der Waals surface area contributed by atoms with Crippen molar-refractivity contribution < 1.29 is 10.2 Å².